The minimum Gasteiger partial charge on any atom is -0.345 e. The van der Waals surface area contributed by atoms with Gasteiger partial charge in [-0.2, -0.15) is 9.37 Å². The van der Waals surface area contributed by atoms with Crippen molar-refractivity contribution >= 4 is 33.2 Å². The van der Waals surface area contributed by atoms with Crippen molar-refractivity contribution in [2.45, 2.75) is 26.7 Å². The van der Waals surface area contributed by atoms with Gasteiger partial charge in [0.2, 0.25) is 5.95 Å². The van der Waals surface area contributed by atoms with Crippen LogP contribution in [0.4, 0.5) is 23.9 Å². The highest BCUT2D eigenvalue weighted by Crippen LogP contribution is 2.36. The van der Waals surface area contributed by atoms with Crippen LogP contribution in [0.5, 0.6) is 0 Å². The van der Waals surface area contributed by atoms with Gasteiger partial charge in [0.15, 0.2) is 5.65 Å². The molecule has 0 aliphatic rings. The van der Waals surface area contributed by atoms with Crippen LogP contribution in [0, 0.1) is 5.95 Å². The third-order valence-electron chi connectivity index (χ3n) is 2.71. The van der Waals surface area contributed by atoms with E-state index in [9.17, 15) is 13.2 Å². The molecule has 0 fully saturated rings. The maximum atomic E-state index is 13.2. The molecule has 0 spiro atoms. The number of fused-ring (bicyclic) bond motifs is 1. The van der Waals surface area contributed by atoms with E-state index < -0.39 is 11.9 Å². The molecule has 1 N–H and O–H groups in total. The van der Waals surface area contributed by atoms with Gasteiger partial charge in [-0.1, -0.05) is 13.8 Å². The highest BCUT2D eigenvalue weighted by atomic mass is 32.1. The molecule has 122 valence electrons. The van der Waals surface area contributed by atoms with Crippen molar-refractivity contribution in [1.29, 1.82) is 0 Å². The van der Waals surface area contributed by atoms with Crippen LogP contribution in [0.25, 0.3) is 11.2 Å². The Bertz CT molecular complexity index is 799. The summed E-state index contributed by atoms with van der Waals surface area (Å²) in [6.45, 7) is 4.85. The summed E-state index contributed by atoms with van der Waals surface area (Å²) in [6.07, 6.45) is 2.43. The van der Waals surface area contributed by atoms with Crippen LogP contribution in [0.1, 0.15) is 25.6 Å². The maximum Gasteiger partial charge on any atom is 0.279 e. The Morgan fingerprint density at radius 1 is 1.13 bits per heavy atom. The van der Waals surface area contributed by atoms with Gasteiger partial charge in [0.25, 0.3) is 5.92 Å². The van der Waals surface area contributed by atoms with Crippen molar-refractivity contribution in [3.8, 4) is 0 Å². The normalized spacial score (nSPS) is 11.0. The molecule has 3 rings (SSSR count). The van der Waals surface area contributed by atoms with Crippen LogP contribution in [0.2, 0.25) is 0 Å². The first-order valence-corrected chi connectivity index (χ1v) is 7.77. The predicted molar refractivity (Wildman–Crippen MR) is 85.8 cm³/mol. The third kappa shape index (κ3) is 3.95. The molecule has 0 saturated carbocycles. The number of nitrogens with one attached hydrogen (secondary N) is 1. The SMILES string of the molecule is CC.CC(F)(F)c1ccc(Nc2ccnc3nc(F)cnc23)s1. The lowest BCUT2D eigenvalue weighted by Crippen LogP contribution is -2.03. The summed E-state index contributed by atoms with van der Waals surface area (Å²) in [6, 6.07) is 4.54. The average molecular weight is 340 g/mol. The Balaban J connectivity index is 0.000000924. The molecule has 23 heavy (non-hydrogen) atoms. The van der Waals surface area contributed by atoms with E-state index in [4.69, 9.17) is 0 Å². The van der Waals surface area contributed by atoms with Gasteiger partial charge in [-0.3, -0.25) is 0 Å². The fraction of sp³-hybridized carbons (Fsp3) is 0.267. The second-order valence-electron chi connectivity index (χ2n) is 4.40. The second-order valence-corrected chi connectivity index (χ2v) is 5.48. The van der Waals surface area contributed by atoms with E-state index in [-0.39, 0.29) is 10.5 Å². The first-order valence-electron chi connectivity index (χ1n) is 6.96. The molecular formula is C15H15F3N4S. The van der Waals surface area contributed by atoms with Gasteiger partial charge in [0.1, 0.15) is 5.52 Å². The summed E-state index contributed by atoms with van der Waals surface area (Å²) in [5.74, 6) is -3.61. The fourth-order valence-electron chi connectivity index (χ4n) is 1.77. The number of anilines is 2. The molecule has 0 aliphatic heterocycles. The first-order chi connectivity index (χ1) is 10.9. The van der Waals surface area contributed by atoms with E-state index >= 15 is 0 Å². The molecule has 0 unspecified atom stereocenters. The molecule has 0 aromatic carbocycles. The Kier molecular flexibility index (Phi) is 5.15. The number of halogens is 3. The van der Waals surface area contributed by atoms with Gasteiger partial charge in [-0.05, 0) is 18.2 Å². The largest absolute Gasteiger partial charge is 0.345 e. The van der Waals surface area contributed by atoms with Crippen LogP contribution < -0.4 is 5.32 Å². The quantitative estimate of drug-likeness (QED) is 0.720. The monoisotopic (exact) mass is 340 g/mol. The van der Waals surface area contributed by atoms with Gasteiger partial charge in [-0.25, -0.2) is 18.7 Å². The average Bonchev–Trinajstić information content (AvgIpc) is 2.98. The van der Waals surface area contributed by atoms with Gasteiger partial charge >= 0.3 is 0 Å². The molecule has 0 amide bonds. The second kappa shape index (κ2) is 6.91. The predicted octanol–water partition coefficient (Wildman–Crippen LogP) is 5.11. The number of rotatable bonds is 3. The van der Waals surface area contributed by atoms with Crippen LogP contribution in [0.3, 0.4) is 0 Å². The van der Waals surface area contributed by atoms with Crippen LogP contribution >= 0.6 is 11.3 Å². The number of pyridine rings is 1. The topological polar surface area (TPSA) is 50.7 Å². The molecule has 3 aromatic heterocycles. The summed E-state index contributed by atoms with van der Waals surface area (Å²) in [5.41, 5.74) is 1.05. The minimum atomic E-state index is -2.88. The molecule has 8 heteroatoms. The minimum absolute atomic E-state index is 0.0412. The van der Waals surface area contributed by atoms with Gasteiger partial charge in [0, 0.05) is 13.1 Å². The van der Waals surface area contributed by atoms with Crippen molar-refractivity contribution < 1.29 is 13.2 Å². The van der Waals surface area contributed by atoms with Crippen molar-refractivity contribution in [2.24, 2.45) is 0 Å². The van der Waals surface area contributed by atoms with E-state index in [1.165, 1.54) is 12.3 Å². The summed E-state index contributed by atoms with van der Waals surface area (Å²) < 4.78 is 39.4. The number of thiophene rings is 1. The van der Waals surface area contributed by atoms with E-state index in [2.05, 4.69) is 20.3 Å². The van der Waals surface area contributed by atoms with Crippen LogP contribution in [-0.2, 0) is 5.92 Å². The van der Waals surface area contributed by atoms with E-state index in [1.807, 2.05) is 13.8 Å². The van der Waals surface area contributed by atoms with E-state index in [1.54, 1.807) is 12.1 Å². The Morgan fingerprint density at radius 2 is 1.87 bits per heavy atom. The van der Waals surface area contributed by atoms with Crippen LogP contribution in [-0.4, -0.2) is 15.0 Å². The number of hydrogen-bond donors (Lipinski definition) is 1. The lowest BCUT2D eigenvalue weighted by atomic mass is 10.3. The Hall–Kier alpha value is -2.22. The first kappa shape index (κ1) is 17.1. The molecular weight excluding hydrogens is 325 g/mol. The molecule has 0 radical (unpaired) electrons. The van der Waals surface area contributed by atoms with Gasteiger partial charge in [-0.15, -0.1) is 11.3 Å². The zero-order valence-corrected chi connectivity index (χ0v) is 13.6. The zero-order valence-electron chi connectivity index (χ0n) is 12.8. The van der Waals surface area contributed by atoms with Gasteiger partial charge in [0.05, 0.1) is 21.8 Å². The van der Waals surface area contributed by atoms with Crippen molar-refractivity contribution in [3.63, 3.8) is 0 Å². The Morgan fingerprint density at radius 3 is 2.52 bits per heavy atom. The molecule has 0 aliphatic carbocycles. The lowest BCUT2D eigenvalue weighted by Gasteiger charge is -2.07. The molecule has 3 heterocycles. The van der Waals surface area contributed by atoms with Crippen LogP contribution in [0.15, 0.2) is 30.6 Å². The molecule has 4 nitrogen and oxygen atoms in total. The smallest absolute Gasteiger partial charge is 0.279 e. The highest BCUT2D eigenvalue weighted by Gasteiger charge is 2.26. The van der Waals surface area contributed by atoms with Crippen molar-refractivity contribution in [2.75, 3.05) is 5.32 Å². The zero-order chi connectivity index (χ0) is 17.0. The summed E-state index contributed by atoms with van der Waals surface area (Å²) in [7, 11) is 0. The number of alkyl halides is 2. The molecule has 0 bridgehead atoms. The van der Waals surface area contributed by atoms with Crippen molar-refractivity contribution in [3.05, 3.63) is 41.4 Å². The van der Waals surface area contributed by atoms with E-state index in [0.717, 1.165) is 24.5 Å². The van der Waals surface area contributed by atoms with Gasteiger partial charge < -0.3 is 5.32 Å². The third-order valence-corrected chi connectivity index (χ3v) is 3.89. The Labute approximate surface area is 135 Å². The standard InChI is InChI=1S/C13H9F3N4S.C2H6/c1-13(15,16)8-2-3-10(21-8)19-7-4-5-17-12-11(7)18-6-9(14)20-12;1-2/h2-6H,1H3,(H,17,19,20);1-2H3. The lowest BCUT2D eigenvalue weighted by molar-refractivity contribution is 0.0215. The highest BCUT2D eigenvalue weighted by molar-refractivity contribution is 7.16. The van der Waals surface area contributed by atoms with E-state index in [0.29, 0.717) is 16.2 Å². The molecule has 3 aromatic rings. The maximum absolute atomic E-state index is 13.2. The summed E-state index contributed by atoms with van der Waals surface area (Å²) in [4.78, 5) is 11.4. The number of aromatic nitrogens is 3. The summed E-state index contributed by atoms with van der Waals surface area (Å²) in [5, 5.41) is 3.51. The summed E-state index contributed by atoms with van der Waals surface area (Å²) >= 11 is 0.943. The molecule has 0 saturated heterocycles. The fourth-order valence-corrected chi connectivity index (χ4v) is 2.62. The number of nitrogens with zero attached hydrogens (tertiary/aromatic N) is 3. The van der Waals surface area contributed by atoms with Crippen molar-refractivity contribution in [1.82, 2.24) is 15.0 Å². The molecule has 0 atom stereocenters. The number of hydrogen-bond acceptors (Lipinski definition) is 5.